The highest BCUT2D eigenvalue weighted by molar-refractivity contribution is 7.91. The lowest BCUT2D eigenvalue weighted by Gasteiger charge is -2.30. The van der Waals surface area contributed by atoms with Gasteiger partial charge in [0.2, 0.25) is 21.8 Å². The minimum atomic E-state index is -3.86. The van der Waals surface area contributed by atoms with Crippen LogP contribution in [0.2, 0.25) is 0 Å². The Morgan fingerprint density at radius 3 is 2.71 bits per heavy atom. The predicted octanol–water partition coefficient (Wildman–Crippen LogP) is 3.80. The molecule has 3 aromatic rings. The van der Waals surface area contributed by atoms with Crippen molar-refractivity contribution < 1.29 is 36.3 Å². The summed E-state index contributed by atoms with van der Waals surface area (Å²) in [6.45, 7) is 0.0234. The fraction of sp³-hybridized carbons (Fsp3) is 0.471. The Hall–Kier alpha value is -4.46. The highest BCUT2D eigenvalue weighted by Gasteiger charge is 2.62. The summed E-state index contributed by atoms with van der Waals surface area (Å²) in [5.41, 5.74) is 0.0796. The maximum absolute atomic E-state index is 14.3. The fourth-order valence-electron chi connectivity index (χ4n) is 6.67. The largest absolute Gasteiger partial charge is 0.445 e. The van der Waals surface area contributed by atoms with Gasteiger partial charge in [-0.3, -0.25) is 19.1 Å². The number of anilines is 1. The zero-order valence-corrected chi connectivity index (χ0v) is 27.1. The van der Waals surface area contributed by atoms with Gasteiger partial charge in [0.15, 0.2) is 5.58 Å². The second kappa shape index (κ2) is 12.9. The minimum Gasteiger partial charge on any atom is -0.445 e. The van der Waals surface area contributed by atoms with Crippen molar-refractivity contribution in [1.29, 1.82) is 0 Å². The van der Waals surface area contributed by atoms with E-state index < -0.39 is 62.5 Å². The van der Waals surface area contributed by atoms with Crippen LogP contribution in [0.4, 0.5) is 10.1 Å². The van der Waals surface area contributed by atoms with Gasteiger partial charge in [-0.15, -0.1) is 0 Å². The minimum absolute atomic E-state index is 0.000223. The second-order valence-electron chi connectivity index (χ2n) is 13.1. The van der Waals surface area contributed by atoms with E-state index in [0.29, 0.717) is 42.5 Å². The lowest BCUT2D eigenvalue weighted by Crippen LogP contribution is -2.57. The Kier molecular flexibility index (Phi) is 8.60. The summed E-state index contributed by atoms with van der Waals surface area (Å²) in [6, 6.07) is 11.2. The van der Waals surface area contributed by atoms with E-state index in [0.717, 1.165) is 19.3 Å². The molecule has 1 aromatic heterocycles. The van der Waals surface area contributed by atoms with Crippen molar-refractivity contribution in [2.24, 2.45) is 5.92 Å². The van der Waals surface area contributed by atoms with Crippen LogP contribution in [0.1, 0.15) is 57.8 Å². The van der Waals surface area contributed by atoms with Gasteiger partial charge >= 0.3 is 6.08 Å². The van der Waals surface area contributed by atoms with Gasteiger partial charge in [-0.1, -0.05) is 43.2 Å². The van der Waals surface area contributed by atoms with Gasteiger partial charge in [-0.05, 0) is 68.9 Å². The third kappa shape index (κ3) is 6.75. The first kappa shape index (κ1) is 32.1. The number of carbonyl (C=O) groups is 3. The average Bonchev–Trinajstić information content (AvgIpc) is 3.94. The van der Waals surface area contributed by atoms with E-state index in [4.69, 9.17) is 9.15 Å². The molecule has 3 amide bonds. The molecule has 0 unspecified atom stereocenters. The van der Waals surface area contributed by atoms with Crippen molar-refractivity contribution in [2.75, 3.05) is 11.9 Å². The van der Waals surface area contributed by atoms with Gasteiger partial charge in [0.1, 0.15) is 35.1 Å². The van der Waals surface area contributed by atoms with Crippen LogP contribution < -0.4 is 20.1 Å². The average molecular weight is 680 g/mol. The van der Waals surface area contributed by atoms with Crippen LogP contribution in [0.15, 0.2) is 65.1 Å². The van der Waals surface area contributed by atoms with E-state index >= 15 is 0 Å². The van der Waals surface area contributed by atoms with Gasteiger partial charge < -0.3 is 24.7 Å². The molecule has 0 spiro atoms. The lowest BCUT2D eigenvalue weighted by atomic mass is 10.0. The topological polar surface area (TPSA) is 160 Å². The summed E-state index contributed by atoms with van der Waals surface area (Å²) >= 11 is 0. The summed E-state index contributed by atoms with van der Waals surface area (Å²) in [5, 5.41) is 5.43. The number of ether oxygens (including phenoxy) is 1. The molecule has 2 aromatic carbocycles. The molecule has 2 saturated carbocycles. The molecular weight excluding hydrogens is 641 g/mol. The van der Waals surface area contributed by atoms with Crippen LogP contribution >= 0.6 is 0 Å². The number of carbonyl (C=O) groups excluding carboxylic acids is 3. The van der Waals surface area contributed by atoms with E-state index in [-0.39, 0.29) is 31.4 Å². The zero-order valence-electron chi connectivity index (χ0n) is 26.3. The van der Waals surface area contributed by atoms with E-state index in [1.807, 2.05) is 18.2 Å². The van der Waals surface area contributed by atoms with Gasteiger partial charge in [-0.2, -0.15) is 4.98 Å². The van der Waals surface area contributed by atoms with Crippen molar-refractivity contribution in [3.8, 4) is 6.08 Å². The molecule has 48 heavy (non-hydrogen) atoms. The van der Waals surface area contributed by atoms with Crippen LogP contribution in [0.3, 0.4) is 0 Å². The van der Waals surface area contributed by atoms with Crippen molar-refractivity contribution in [3.63, 3.8) is 0 Å². The van der Waals surface area contributed by atoms with Crippen molar-refractivity contribution in [1.82, 2.24) is 19.9 Å². The Morgan fingerprint density at radius 1 is 1.08 bits per heavy atom. The molecule has 3 fully saturated rings. The number of para-hydroxylation sites is 2. The third-order valence-corrected chi connectivity index (χ3v) is 11.4. The summed E-state index contributed by atoms with van der Waals surface area (Å²) < 4.78 is 53.6. The normalized spacial score (nSPS) is 28.7. The number of rotatable bonds is 7. The lowest BCUT2D eigenvalue weighted by molar-refractivity contribution is -0.140. The number of sulfonamides is 1. The number of hydrogen-bond donors (Lipinski definition) is 3. The first-order valence-corrected chi connectivity index (χ1v) is 18.1. The van der Waals surface area contributed by atoms with Gasteiger partial charge in [0.25, 0.3) is 5.91 Å². The number of halogens is 1. The first-order chi connectivity index (χ1) is 23.1. The zero-order chi connectivity index (χ0) is 33.5. The summed E-state index contributed by atoms with van der Waals surface area (Å²) in [6.07, 6.45) is 7.93. The van der Waals surface area contributed by atoms with Crippen LogP contribution in [0.5, 0.6) is 6.08 Å². The number of oxazole rings is 1. The molecule has 14 heteroatoms. The van der Waals surface area contributed by atoms with Crippen LogP contribution in [0.25, 0.3) is 11.1 Å². The summed E-state index contributed by atoms with van der Waals surface area (Å²) in [5.74, 6) is -2.60. The van der Waals surface area contributed by atoms with E-state index in [1.165, 1.54) is 17.0 Å². The smallest absolute Gasteiger partial charge is 0.394 e. The molecule has 3 N–H and O–H groups in total. The highest BCUT2D eigenvalue weighted by Crippen LogP contribution is 2.46. The second-order valence-corrected chi connectivity index (χ2v) is 15.1. The molecule has 0 radical (unpaired) electrons. The van der Waals surface area contributed by atoms with Gasteiger partial charge in [-0.25, -0.2) is 12.8 Å². The molecule has 4 aliphatic rings. The quantitative estimate of drug-likeness (QED) is 0.316. The maximum Gasteiger partial charge on any atom is 0.394 e. The summed E-state index contributed by atoms with van der Waals surface area (Å²) in [4.78, 5) is 47.9. The van der Waals surface area contributed by atoms with Crippen LogP contribution in [-0.4, -0.2) is 71.5 Å². The number of hydrogen-bond acceptors (Lipinski definition) is 9. The molecular formula is C34H38FN5O7S. The molecule has 3 heterocycles. The Morgan fingerprint density at radius 2 is 1.92 bits per heavy atom. The molecule has 12 nitrogen and oxygen atoms in total. The summed E-state index contributed by atoms with van der Waals surface area (Å²) in [7, 11) is -3.86. The number of nitrogens with zero attached hydrogens (tertiary/aromatic N) is 2. The van der Waals surface area contributed by atoms with Crippen molar-refractivity contribution in [2.45, 2.75) is 86.8 Å². The highest BCUT2D eigenvalue weighted by atomic mass is 32.2. The van der Waals surface area contributed by atoms with Gasteiger partial charge in [0, 0.05) is 18.0 Å². The fourth-order valence-corrected chi connectivity index (χ4v) is 8.03. The molecule has 254 valence electrons. The Bertz CT molecular complexity index is 1830. The van der Waals surface area contributed by atoms with Crippen LogP contribution in [-0.2, 0) is 24.4 Å². The van der Waals surface area contributed by atoms with Crippen molar-refractivity contribution in [3.05, 3.63) is 66.5 Å². The number of benzene rings is 2. The van der Waals surface area contributed by atoms with Crippen molar-refractivity contribution >= 4 is 44.5 Å². The molecule has 0 bridgehead atoms. The predicted molar refractivity (Wildman–Crippen MR) is 174 cm³/mol. The first-order valence-electron chi connectivity index (χ1n) is 16.5. The molecule has 1 saturated heterocycles. The number of aromatic nitrogens is 1. The molecule has 2 aliphatic heterocycles. The monoisotopic (exact) mass is 679 g/mol. The van der Waals surface area contributed by atoms with Gasteiger partial charge in [0.05, 0.1) is 11.8 Å². The number of amides is 3. The Balaban J connectivity index is 1.18. The third-order valence-electron chi connectivity index (χ3n) is 9.55. The number of allylic oxidation sites excluding steroid dienone is 1. The number of nitrogens with one attached hydrogen (secondary N) is 3. The molecule has 2 aliphatic carbocycles. The van der Waals surface area contributed by atoms with Crippen LogP contribution in [0, 0.1) is 11.7 Å². The number of fused-ring (bicyclic) bond motifs is 3. The van der Waals surface area contributed by atoms with E-state index in [2.05, 4.69) is 20.3 Å². The molecule has 7 rings (SSSR count). The maximum atomic E-state index is 14.3. The SMILES string of the molecule is O=C1N[C@]2(C(=O)NS(=O)(=O)C3CC3)C[C@H]2/C=C\CCCCC[C@H](Nc2cccc(F)c2)C(=O)N2C[C@H](Oc3nc4ccccc4o3)C[C@@H]12. The van der Waals surface area contributed by atoms with E-state index in [9.17, 15) is 27.2 Å². The van der Waals surface area contributed by atoms with E-state index in [1.54, 1.807) is 30.3 Å². The molecule has 5 atom stereocenters. The standard InChI is InChI=1S/C34H38FN5O7S/c35-22-10-8-11-23(17-22)36-27-13-5-3-1-2-4-9-21-19-34(21,32(43)39-48(44,45)25-15-16-25)38-30(41)28-18-24(20-40(28)31(27)42)46-33-37-26-12-6-7-14-29(26)47-33/h4,6-12,14,17,21,24-25,27-28,36H,1-3,5,13,15-16,18-20H2,(H,38,41)(H,39,43)/b9-4-/t21-,24-,27+,28+,34-/m1/s1. The Labute approximate surface area is 277 Å².